The van der Waals surface area contributed by atoms with Gasteiger partial charge in [0, 0.05) is 6.61 Å². The van der Waals surface area contributed by atoms with E-state index < -0.39 is 5.54 Å². The number of primary amides is 1. The molecule has 3 N–H and O–H groups in total. The van der Waals surface area contributed by atoms with Gasteiger partial charge in [0.15, 0.2) is 0 Å². The van der Waals surface area contributed by atoms with Gasteiger partial charge in [-0.1, -0.05) is 0 Å². The Kier molecular flexibility index (Phi) is 5.24. The average Bonchev–Trinajstić information content (AvgIpc) is 2.10. The molecule has 4 heteroatoms. The van der Waals surface area contributed by atoms with Crippen LogP contribution in [0, 0.1) is 0 Å². The van der Waals surface area contributed by atoms with E-state index in [-0.39, 0.29) is 11.5 Å². The zero-order chi connectivity index (χ0) is 12.1. The van der Waals surface area contributed by atoms with Gasteiger partial charge in [-0.2, -0.15) is 0 Å². The second kappa shape index (κ2) is 5.47. The molecule has 4 nitrogen and oxygen atoms in total. The van der Waals surface area contributed by atoms with Gasteiger partial charge in [-0.05, 0) is 47.6 Å². The number of nitrogens with one attached hydrogen (secondary N) is 1. The molecule has 0 radical (unpaired) electrons. The second-order valence-electron chi connectivity index (χ2n) is 5.01. The molecule has 90 valence electrons. The largest absolute Gasteiger partial charge is 0.376 e. The van der Waals surface area contributed by atoms with E-state index >= 15 is 0 Å². The molecular formula is C11H24N2O2. The van der Waals surface area contributed by atoms with Crippen LogP contribution in [-0.4, -0.2) is 30.7 Å². The summed E-state index contributed by atoms with van der Waals surface area (Å²) in [5.41, 5.74) is 4.56. The Morgan fingerprint density at radius 1 is 1.33 bits per heavy atom. The third kappa shape index (κ3) is 5.74. The summed E-state index contributed by atoms with van der Waals surface area (Å²) in [4.78, 5) is 11.2. The van der Waals surface area contributed by atoms with E-state index in [0.717, 1.165) is 6.42 Å². The van der Waals surface area contributed by atoms with Crippen molar-refractivity contribution in [2.45, 2.75) is 51.7 Å². The number of carbonyl (C=O) groups is 1. The molecule has 0 aromatic rings. The summed E-state index contributed by atoms with van der Waals surface area (Å²) in [6.07, 6.45) is 1.51. The van der Waals surface area contributed by atoms with Gasteiger partial charge >= 0.3 is 0 Å². The van der Waals surface area contributed by atoms with Gasteiger partial charge in [-0.25, -0.2) is 0 Å². The van der Waals surface area contributed by atoms with Crippen molar-refractivity contribution in [1.29, 1.82) is 0 Å². The first-order chi connectivity index (χ1) is 6.71. The predicted molar refractivity (Wildman–Crippen MR) is 61.6 cm³/mol. The molecule has 0 fully saturated rings. The minimum Gasteiger partial charge on any atom is -0.376 e. The van der Waals surface area contributed by atoms with Crippen LogP contribution in [0.1, 0.15) is 40.5 Å². The van der Waals surface area contributed by atoms with Crippen LogP contribution in [0.15, 0.2) is 0 Å². The molecule has 0 rings (SSSR count). The lowest BCUT2D eigenvalue weighted by molar-refractivity contribution is -0.124. The van der Waals surface area contributed by atoms with Gasteiger partial charge in [-0.3, -0.25) is 4.79 Å². The van der Waals surface area contributed by atoms with Gasteiger partial charge in [0.2, 0.25) is 5.91 Å². The van der Waals surface area contributed by atoms with Crippen molar-refractivity contribution in [3.63, 3.8) is 0 Å². The molecule has 0 saturated carbocycles. The third-order valence-electron chi connectivity index (χ3n) is 2.45. The van der Waals surface area contributed by atoms with Crippen LogP contribution in [0.3, 0.4) is 0 Å². The summed E-state index contributed by atoms with van der Waals surface area (Å²) in [5.74, 6) is -0.319. The van der Waals surface area contributed by atoms with Crippen LogP contribution in [0.2, 0.25) is 0 Å². The smallest absolute Gasteiger partial charge is 0.237 e. The number of carbonyl (C=O) groups excluding carboxylic acids is 1. The maximum absolute atomic E-state index is 11.2. The topological polar surface area (TPSA) is 64.3 Å². The van der Waals surface area contributed by atoms with E-state index in [2.05, 4.69) is 5.32 Å². The van der Waals surface area contributed by atoms with E-state index in [4.69, 9.17) is 10.5 Å². The molecule has 0 bridgehead atoms. The van der Waals surface area contributed by atoms with Crippen LogP contribution in [0.25, 0.3) is 0 Å². The van der Waals surface area contributed by atoms with Crippen molar-refractivity contribution in [3.05, 3.63) is 0 Å². The van der Waals surface area contributed by atoms with Gasteiger partial charge in [-0.15, -0.1) is 0 Å². The number of rotatable bonds is 6. The Morgan fingerprint density at radius 3 is 2.20 bits per heavy atom. The molecule has 0 aromatic heterocycles. The SMILES string of the molecule is CNC(C)(CCCOC(C)(C)C)C(N)=O. The van der Waals surface area contributed by atoms with E-state index in [0.29, 0.717) is 13.0 Å². The predicted octanol–water partition coefficient (Wildman–Crippen LogP) is 1.05. The lowest BCUT2D eigenvalue weighted by Gasteiger charge is -2.26. The van der Waals surface area contributed by atoms with Gasteiger partial charge < -0.3 is 15.8 Å². The van der Waals surface area contributed by atoms with Crippen LogP contribution < -0.4 is 11.1 Å². The Morgan fingerprint density at radius 2 is 1.87 bits per heavy atom. The van der Waals surface area contributed by atoms with Gasteiger partial charge in [0.05, 0.1) is 11.1 Å². The third-order valence-corrected chi connectivity index (χ3v) is 2.45. The molecule has 0 aliphatic rings. The fraction of sp³-hybridized carbons (Fsp3) is 0.909. The fourth-order valence-corrected chi connectivity index (χ4v) is 1.18. The van der Waals surface area contributed by atoms with Crippen molar-refractivity contribution in [2.24, 2.45) is 5.73 Å². The molecule has 0 aromatic carbocycles. The summed E-state index contributed by atoms with van der Waals surface area (Å²) in [7, 11) is 1.75. The Hall–Kier alpha value is -0.610. The van der Waals surface area contributed by atoms with Crippen molar-refractivity contribution in [2.75, 3.05) is 13.7 Å². The highest BCUT2D eigenvalue weighted by Crippen LogP contribution is 2.13. The van der Waals surface area contributed by atoms with Crippen LogP contribution in [0.4, 0.5) is 0 Å². The monoisotopic (exact) mass is 216 g/mol. The number of hydrogen-bond acceptors (Lipinski definition) is 3. The van der Waals surface area contributed by atoms with Crippen LogP contribution in [-0.2, 0) is 9.53 Å². The minimum atomic E-state index is -0.624. The lowest BCUT2D eigenvalue weighted by atomic mass is 9.95. The Labute approximate surface area is 92.6 Å². The minimum absolute atomic E-state index is 0.122. The number of hydrogen-bond donors (Lipinski definition) is 2. The fourth-order valence-electron chi connectivity index (χ4n) is 1.18. The molecule has 0 spiro atoms. The molecule has 0 aliphatic heterocycles. The molecule has 1 unspecified atom stereocenters. The van der Waals surface area contributed by atoms with Crippen molar-refractivity contribution in [3.8, 4) is 0 Å². The van der Waals surface area contributed by atoms with Crippen LogP contribution in [0.5, 0.6) is 0 Å². The molecule has 1 atom stereocenters. The molecular weight excluding hydrogens is 192 g/mol. The first kappa shape index (κ1) is 14.4. The van der Waals surface area contributed by atoms with Gasteiger partial charge in [0.1, 0.15) is 0 Å². The highest BCUT2D eigenvalue weighted by molar-refractivity contribution is 5.84. The maximum Gasteiger partial charge on any atom is 0.237 e. The number of likely N-dealkylation sites (N-methyl/N-ethyl adjacent to an activating group) is 1. The van der Waals surface area contributed by atoms with Crippen molar-refractivity contribution >= 4 is 5.91 Å². The molecule has 0 saturated heterocycles. The van der Waals surface area contributed by atoms with E-state index in [1.165, 1.54) is 0 Å². The second-order valence-corrected chi connectivity index (χ2v) is 5.01. The van der Waals surface area contributed by atoms with Crippen molar-refractivity contribution in [1.82, 2.24) is 5.32 Å². The number of ether oxygens (including phenoxy) is 1. The van der Waals surface area contributed by atoms with E-state index in [9.17, 15) is 4.79 Å². The zero-order valence-electron chi connectivity index (χ0n) is 10.5. The first-order valence-corrected chi connectivity index (χ1v) is 5.34. The summed E-state index contributed by atoms with van der Waals surface area (Å²) in [6, 6.07) is 0. The summed E-state index contributed by atoms with van der Waals surface area (Å²) in [6.45, 7) is 8.50. The Bertz CT molecular complexity index is 211. The molecule has 0 aliphatic carbocycles. The molecule has 0 heterocycles. The normalized spacial score (nSPS) is 16.1. The van der Waals surface area contributed by atoms with E-state index in [1.54, 1.807) is 7.05 Å². The Balaban J connectivity index is 3.89. The standard InChI is InChI=1S/C11H24N2O2/c1-10(2,3)15-8-6-7-11(4,13-5)9(12)14/h13H,6-8H2,1-5H3,(H2,12,14). The van der Waals surface area contributed by atoms with Crippen molar-refractivity contribution < 1.29 is 9.53 Å². The number of amides is 1. The quantitative estimate of drug-likeness (QED) is 0.652. The first-order valence-electron chi connectivity index (χ1n) is 5.34. The molecule has 15 heavy (non-hydrogen) atoms. The zero-order valence-corrected chi connectivity index (χ0v) is 10.5. The number of nitrogens with two attached hydrogens (primary N) is 1. The average molecular weight is 216 g/mol. The lowest BCUT2D eigenvalue weighted by Crippen LogP contribution is -2.51. The highest BCUT2D eigenvalue weighted by Gasteiger charge is 2.28. The molecule has 1 amide bonds. The maximum atomic E-state index is 11.2. The summed E-state index contributed by atoms with van der Waals surface area (Å²) in [5, 5.41) is 2.95. The summed E-state index contributed by atoms with van der Waals surface area (Å²) < 4.78 is 5.57. The van der Waals surface area contributed by atoms with Crippen LogP contribution >= 0.6 is 0 Å². The summed E-state index contributed by atoms with van der Waals surface area (Å²) >= 11 is 0. The highest BCUT2D eigenvalue weighted by atomic mass is 16.5. The van der Waals surface area contributed by atoms with Gasteiger partial charge in [0.25, 0.3) is 0 Å². The van der Waals surface area contributed by atoms with E-state index in [1.807, 2.05) is 27.7 Å².